The van der Waals surface area contributed by atoms with Crippen LogP contribution in [0.5, 0.6) is 34.5 Å². The van der Waals surface area contributed by atoms with Crippen molar-refractivity contribution in [2.45, 2.75) is 0 Å². The lowest BCUT2D eigenvalue weighted by Crippen LogP contribution is -2.11. The normalized spacial score (nSPS) is 11.6. The molecule has 0 aromatic heterocycles. The highest BCUT2D eigenvalue weighted by atomic mass is 16.5. The summed E-state index contributed by atoms with van der Waals surface area (Å²) in [5.74, 6) is -3.57. The molecule has 0 spiro atoms. The summed E-state index contributed by atoms with van der Waals surface area (Å²) in [5.41, 5.74) is -0.694. The van der Waals surface area contributed by atoms with E-state index in [0.717, 1.165) is 12.2 Å². The molecule has 170 valence electrons. The fourth-order valence-corrected chi connectivity index (χ4v) is 2.84. The van der Waals surface area contributed by atoms with Crippen molar-refractivity contribution in [1.82, 2.24) is 0 Å². The van der Waals surface area contributed by atoms with Crippen LogP contribution in [0.4, 0.5) is 0 Å². The van der Waals surface area contributed by atoms with Gasteiger partial charge < -0.3 is 39.4 Å². The largest absolute Gasteiger partial charge is 0.502 e. The Morgan fingerprint density at radius 3 is 1.06 bits per heavy atom. The van der Waals surface area contributed by atoms with E-state index in [2.05, 4.69) is 0 Å². The molecule has 0 atom stereocenters. The van der Waals surface area contributed by atoms with E-state index in [1.54, 1.807) is 0 Å². The van der Waals surface area contributed by atoms with Gasteiger partial charge in [-0.25, -0.2) is 9.59 Å². The Morgan fingerprint density at radius 1 is 0.625 bits per heavy atom. The number of rotatable bonds is 9. The minimum absolute atomic E-state index is 0.00852. The van der Waals surface area contributed by atoms with Gasteiger partial charge in [-0.2, -0.15) is 0 Å². The Bertz CT molecular complexity index is 960. The van der Waals surface area contributed by atoms with E-state index in [-0.39, 0.29) is 45.6 Å². The molecule has 10 nitrogen and oxygen atoms in total. The SMILES string of the molecule is COc1cc(C=C(C(=O)O)/C(=C\c2cc(OC)c(O)c(OC)c2)C(=O)O)cc(OC)c1O. The molecule has 32 heavy (non-hydrogen) atoms. The maximum absolute atomic E-state index is 11.9. The van der Waals surface area contributed by atoms with Gasteiger partial charge in [-0.1, -0.05) is 0 Å². The first kappa shape index (κ1) is 23.9. The molecule has 0 heterocycles. The molecule has 2 aromatic carbocycles. The maximum atomic E-state index is 11.9. The maximum Gasteiger partial charge on any atom is 0.336 e. The van der Waals surface area contributed by atoms with Crippen LogP contribution in [-0.4, -0.2) is 60.8 Å². The molecule has 0 saturated carbocycles. The first-order valence-electron chi connectivity index (χ1n) is 8.97. The fraction of sp³-hybridized carbons (Fsp3) is 0.182. The first-order valence-corrected chi connectivity index (χ1v) is 8.97. The lowest BCUT2D eigenvalue weighted by molar-refractivity contribution is -0.136. The second-order valence-corrected chi connectivity index (χ2v) is 6.27. The van der Waals surface area contributed by atoms with Gasteiger partial charge in [0.2, 0.25) is 11.5 Å². The summed E-state index contributed by atoms with van der Waals surface area (Å²) in [4.78, 5) is 23.9. The van der Waals surface area contributed by atoms with Crippen molar-refractivity contribution in [3.05, 3.63) is 46.5 Å². The summed E-state index contributed by atoms with van der Waals surface area (Å²) in [5, 5.41) is 39.5. The quantitative estimate of drug-likeness (QED) is 0.334. The molecule has 4 N–H and O–H groups in total. The molecule has 0 amide bonds. The van der Waals surface area contributed by atoms with Crippen molar-refractivity contribution >= 4 is 24.1 Å². The van der Waals surface area contributed by atoms with Crippen LogP contribution in [0, 0.1) is 0 Å². The number of hydrogen-bond acceptors (Lipinski definition) is 8. The average Bonchev–Trinajstić information content (AvgIpc) is 2.77. The smallest absolute Gasteiger partial charge is 0.336 e. The van der Waals surface area contributed by atoms with Gasteiger partial charge in [0.15, 0.2) is 23.0 Å². The molecule has 0 unspecified atom stereocenters. The van der Waals surface area contributed by atoms with Crippen LogP contribution in [0.2, 0.25) is 0 Å². The molecule has 0 saturated heterocycles. The number of phenols is 2. The summed E-state index contributed by atoms with van der Waals surface area (Å²) in [6, 6.07) is 5.31. The summed E-state index contributed by atoms with van der Waals surface area (Å²) >= 11 is 0. The number of methoxy groups -OCH3 is 4. The van der Waals surface area contributed by atoms with E-state index >= 15 is 0 Å². The van der Waals surface area contributed by atoms with Crippen LogP contribution in [0.25, 0.3) is 12.2 Å². The van der Waals surface area contributed by atoms with Gasteiger partial charge >= 0.3 is 11.9 Å². The molecule has 10 heteroatoms. The van der Waals surface area contributed by atoms with Crippen LogP contribution in [0.1, 0.15) is 11.1 Å². The molecular weight excluding hydrogens is 424 g/mol. The molecule has 0 bridgehead atoms. The minimum Gasteiger partial charge on any atom is -0.502 e. The van der Waals surface area contributed by atoms with E-state index in [0.29, 0.717) is 0 Å². The van der Waals surface area contributed by atoms with Crippen molar-refractivity contribution < 1.29 is 49.0 Å². The Hall–Kier alpha value is -4.34. The van der Waals surface area contributed by atoms with Gasteiger partial charge in [-0.05, 0) is 47.5 Å². The molecule has 0 fully saturated rings. The number of aliphatic carboxylic acids is 2. The molecule has 0 aliphatic rings. The van der Waals surface area contributed by atoms with Gasteiger partial charge in [0.05, 0.1) is 39.6 Å². The van der Waals surface area contributed by atoms with E-state index < -0.39 is 23.1 Å². The van der Waals surface area contributed by atoms with E-state index in [1.165, 1.54) is 52.7 Å². The lowest BCUT2D eigenvalue weighted by Gasteiger charge is -2.12. The average molecular weight is 446 g/mol. The number of hydrogen-bond donors (Lipinski definition) is 4. The second kappa shape index (κ2) is 10.1. The molecule has 2 rings (SSSR count). The Balaban J connectivity index is 2.72. The Kier molecular flexibility index (Phi) is 7.56. The van der Waals surface area contributed by atoms with Crippen molar-refractivity contribution in [2.24, 2.45) is 0 Å². The predicted molar refractivity (Wildman–Crippen MR) is 114 cm³/mol. The second-order valence-electron chi connectivity index (χ2n) is 6.27. The third-order valence-corrected chi connectivity index (χ3v) is 4.38. The van der Waals surface area contributed by atoms with Crippen LogP contribution in [-0.2, 0) is 9.59 Å². The highest BCUT2D eigenvalue weighted by Crippen LogP contribution is 2.39. The van der Waals surface area contributed by atoms with Crippen molar-refractivity contribution in [3.8, 4) is 34.5 Å². The summed E-state index contributed by atoms with van der Waals surface area (Å²) in [6.07, 6.45) is 2.20. The van der Waals surface area contributed by atoms with Crippen molar-refractivity contribution in [1.29, 1.82) is 0 Å². The fourth-order valence-electron chi connectivity index (χ4n) is 2.84. The monoisotopic (exact) mass is 446 g/mol. The third-order valence-electron chi connectivity index (χ3n) is 4.38. The summed E-state index contributed by atoms with van der Waals surface area (Å²) in [7, 11) is 5.20. The standard InChI is InChI=1S/C22H22O10/c1-29-15-7-11(8-16(30-2)19(15)23)5-13(21(25)26)14(22(27)28)6-12-9-17(31-3)20(24)18(10-12)32-4/h5-10,23-24H,1-4H3,(H,25,26)(H,27,28)/b13-5+,14-6?. The topological polar surface area (TPSA) is 152 Å². The number of benzene rings is 2. The van der Waals surface area contributed by atoms with Crippen molar-refractivity contribution in [2.75, 3.05) is 28.4 Å². The van der Waals surface area contributed by atoms with Gasteiger partial charge in [0, 0.05) is 0 Å². The van der Waals surface area contributed by atoms with Gasteiger partial charge in [-0.3, -0.25) is 0 Å². The van der Waals surface area contributed by atoms with Crippen molar-refractivity contribution in [3.63, 3.8) is 0 Å². The Labute approximate surface area is 183 Å². The van der Waals surface area contributed by atoms with Gasteiger partial charge in [-0.15, -0.1) is 0 Å². The zero-order chi connectivity index (χ0) is 24.0. The van der Waals surface area contributed by atoms with E-state index in [4.69, 9.17) is 18.9 Å². The van der Waals surface area contributed by atoms with E-state index in [1.807, 2.05) is 0 Å². The van der Waals surface area contributed by atoms with E-state index in [9.17, 15) is 30.0 Å². The first-order chi connectivity index (χ1) is 15.2. The number of carbonyl (C=O) groups is 2. The molecule has 0 aliphatic heterocycles. The van der Waals surface area contributed by atoms with Crippen LogP contribution in [0.15, 0.2) is 35.4 Å². The molecule has 0 aliphatic carbocycles. The molecule has 0 radical (unpaired) electrons. The highest BCUT2D eigenvalue weighted by Gasteiger charge is 2.22. The predicted octanol–water partition coefficient (Wildman–Crippen LogP) is 2.77. The molecule has 2 aromatic rings. The van der Waals surface area contributed by atoms with Crippen LogP contribution in [0.3, 0.4) is 0 Å². The van der Waals surface area contributed by atoms with Crippen LogP contribution < -0.4 is 18.9 Å². The van der Waals surface area contributed by atoms with Gasteiger partial charge in [0.25, 0.3) is 0 Å². The highest BCUT2D eigenvalue weighted by molar-refractivity contribution is 6.11. The Morgan fingerprint density at radius 2 is 0.875 bits per heavy atom. The molecular formula is C22H22O10. The number of ether oxygens (including phenoxy) is 4. The third kappa shape index (κ3) is 5.04. The minimum atomic E-state index is -1.51. The number of carboxylic acids is 2. The number of phenolic OH excluding ortho intramolecular Hbond substituents is 2. The zero-order valence-corrected chi connectivity index (χ0v) is 17.7. The summed E-state index contributed by atoms with van der Waals surface area (Å²) in [6.45, 7) is 0. The zero-order valence-electron chi connectivity index (χ0n) is 17.7. The summed E-state index contributed by atoms with van der Waals surface area (Å²) < 4.78 is 20.2. The lowest BCUT2D eigenvalue weighted by atomic mass is 9.99. The van der Waals surface area contributed by atoms with Gasteiger partial charge in [0.1, 0.15) is 0 Å². The number of carboxylic acid groups (broad SMARTS) is 2. The number of aromatic hydroxyl groups is 2. The van der Waals surface area contributed by atoms with Crippen LogP contribution >= 0.6 is 0 Å².